The Balaban J connectivity index is 2.27. The molecule has 0 saturated carbocycles. The van der Waals surface area contributed by atoms with E-state index in [2.05, 4.69) is 4.98 Å². The lowest BCUT2D eigenvalue weighted by Crippen LogP contribution is -2.27. The molecule has 8 heteroatoms. The molecular formula is C12H18N4O2S2. The van der Waals surface area contributed by atoms with Crippen molar-refractivity contribution in [2.75, 3.05) is 7.05 Å². The number of hydrogen-bond donors (Lipinski definition) is 1. The lowest BCUT2D eigenvalue weighted by molar-refractivity contribution is 0.453. The van der Waals surface area contributed by atoms with Crippen LogP contribution in [0.15, 0.2) is 22.7 Å². The minimum absolute atomic E-state index is 0.237. The Morgan fingerprint density at radius 3 is 2.70 bits per heavy atom. The minimum atomic E-state index is -3.50. The van der Waals surface area contributed by atoms with Crippen molar-refractivity contribution in [3.8, 4) is 0 Å². The number of nitrogens with zero attached hydrogens (tertiary/aromatic N) is 3. The van der Waals surface area contributed by atoms with E-state index in [4.69, 9.17) is 5.73 Å². The molecule has 0 unspecified atom stereocenters. The van der Waals surface area contributed by atoms with Crippen molar-refractivity contribution in [3.63, 3.8) is 0 Å². The Bertz CT molecular complexity index is 703. The summed E-state index contributed by atoms with van der Waals surface area (Å²) < 4.78 is 28.5. The summed E-state index contributed by atoms with van der Waals surface area (Å²) >= 11 is 1.23. The van der Waals surface area contributed by atoms with Crippen LogP contribution in [0.5, 0.6) is 0 Å². The Kier molecular flexibility index (Phi) is 4.28. The van der Waals surface area contributed by atoms with E-state index in [0.717, 1.165) is 10.4 Å². The van der Waals surface area contributed by atoms with Crippen molar-refractivity contribution in [1.29, 1.82) is 0 Å². The normalized spacial score (nSPS) is 12.2. The third-order valence-electron chi connectivity index (χ3n) is 3.13. The molecule has 0 amide bonds. The van der Waals surface area contributed by atoms with Crippen LogP contribution >= 0.6 is 11.3 Å². The number of sulfonamides is 1. The number of rotatable bonds is 5. The SMILES string of the molecule is Cc1cc(S(=O)(=O)N(C)Cc2nccn2C)sc1CN. The maximum Gasteiger partial charge on any atom is 0.252 e. The summed E-state index contributed by atoms with van der Waals surface area (Å²) in [5, 5.41) is 0. The molecule has 2 heterocycles. The van der Waals surface area contributed by atoms with Crippen molar-refractivity contribution in [1.82, 2.24) is 13.9 Å². The summed E-state index contributed by atoms with van der Waals surface area (Å²) in [5.74, 6) is 0.698. The number of nitrogens with two attached hydrogens (primary N) is 1. The minimum Gasteiger partial charge on any atom is -0.337 e. The van der Waals surface area contributed by atoms with E-state index >= 15 is 0 Å². The van der Waals surface area contributed by atoms with Crippen molar-refractivity contribution >= 4 is 21.4 Å². The maximum absolute atomic E-state index is 12.5. The van der Waals surface area contributed by atoms with Gasteiger partial charge in [0.2, 0.25) is 0 Å². The maximum atomic E-state index is 12.5. The van der Waals surface area contributed by atoms with Crippen LogP contribution in [0.25, 0.3) is 0 Å². The molecular weight excluding hydrogens is 296 g/mol. The van der Waals surface area contributed by atoms with Crippen LogP contribution in [-0.4, -0.2) is 29.3 Å². The Morgan fingerprint density at radius 1 is 1.50 bits per heavy atom. The highest BCUT2D eigenvalue weighted by Crippen LogP contribution is 2.28. The molecule has 2 N–H and O–H groups in total. The van der Waals surface area contributed by atoms with Crippen LogP contribution in [0.4, 0.5) is 0 Å². The van der Waals surface area contributed by atoms with Crippen molar-refractivity contribution in [2.45, 2.75) is 24.2 Å². The van der Waals surface area contributed by atoms with Crippen molar-refractivity contribution in [3.05, 3.63) is 34.7 Å². The van der Waals surface area contributed by atoms with E-state index in [9.17, 15) is 8.42 Å². The fourth-order valence-corrected chi connectivity index (χ4v) is 4.61. The van der Waals surface area contributed by atoms with Gasteiger partial charge in [-0.2, -0.15) is 4.31 Å². The summed E-state index contributed by atoms with van der Waals surface area (Å²) in [4.78, 5) is 5.04. The topological polar surface area (TPSA) is 81.2 Å². The summed E-state index contributed by atoms with van der Waals surface area (Å²) in [5.41, 5.74) is 6.52. The van der Waals surface area contributed by atoms with Gasteiger partial charge >= 0.3 is 0 Å². The van der Waals surface area contributed by atoms with Gasteiger partial charge in [0.1, 0.15) is 10.0 Å². The average molecular weight is 314 g/mol. The quantitative estimate of drug-likeness (QED) is 0.895. The largest absolute Gasteiger partial charge is 0.337 e. The van der Waals surface area contributed by atoms with Gasteiger partial charge in [-0.1, -0.05) is 0 Å². The van der Waals surface area contributed by atoms with E-state index in [1.165, 1.54) is 15.6 Å². The smallest absolute Gasteiger partial charge is 0.252 e. The monoisotopic (exact) mass is 314 g/mol. The first-order chi connectivity index (χ1) is 9.36. The first-order valence-electron chi connectivity index (χ1n) is 6.08. The summed E-state index contributed by atoms with van der Waals surface area (Å²) in [6.07, 6.45) is 3.44. The highest BCUT2D eigenvalue weighted by Gasteiger charge is 2.24. The number of aromatic nitrogens is 2. The van der Waals surface area contributed by atoms with Gasteiger partial charge in [0.25, 0.3) is 10.0 Å². The molecule has 0 fully saturated rings. The van der Waals surface area contributed by atoms with Crippen LogP contribution in [0.1, 0.15) is 16.3 Å². The van der Waals surface area contributed by atoms with E-state index in [1.807, 2.05) is 14.0 Å². The van der Waals surface area contributed by atoms with Gasteiger partial charge in [-0.15, -0.1) is 11.3 Å². The van der Waals surface area contributed by atoms with Gasteiger partial charge in [-0.25, -0.2) is 13.4 Å². The molecule has 0 aliphatic carbocycles. The predicted octanol–water partition coefficient (Wildman–Crippen LogP) is 1.07. The van der Waals surface area contributed by atoms with Gasteiger partial charge in [-0.05, 0) is 18.6 Å². The zero-order chi connectivity index (χ0) is 14.9. The molecule has 110 valence electrons. The number of aryl methyl sites for hydroxylation is 2. The van der Waals surface area contributed by atoms with Crippen molar-refractivity contribution in [2.24, 2.45) is 12.8 Å². The Hall–Kier alpha value is -1.22. The molecule has 2 aromatic rings. The van der Waals surface area contributed by atoms with Gasteiger partial charge in [0.05, 0.1) is 6.54 Å². The van der Waals surface area contributed by atoms with Crippen LogP contribution in [-0.2, 0) is 30.2 Å². The number of thiophene rings is 1. The fraction of sp³-hybridized carbons (Fsp3) is 0.417. The third-order valence-corrected chi connectivity index (χ3v) is 6.64. The van der Waals surface area contributed by atoms with Crippen molar-refractivity contribution < 1.29 is 8.42 Å². The molecule has 0 bridgehead atoms. The third kappa shape index (κ3) is 2.78. The van der Waals surface area contributed by atoms with E-state index in [0.29, 0.717) is 16.6 Å². The zero-order valence-corrected chi connectivity index (χ0v) is 13.3. The van der Waals surface area contributed by atoms with Crippen LogP contribution in [0.3, 0.4) is 0 Å². The van der Waals surface area contributed by atoms with Gasteiger partial charge in [0.15, 0.2) is 0 Å². The second kappa shape index (κ2) is 5.65. The number of hydrogen-bond acceptors (Lipinski definition) is 5. The highest BCUT2D eigenvalue weighted by molar-refractivity contribution is 7.91. The van der Waals surface area contributed by atoms with Gasteiger partial charge in [-0.3, -0.25) is 0 Å². The fourth-order valence-electron chi connectivity index (χ4n) is 1.80. The molecule has 0 aliphatic heterocycles. The molecule has 0 aromatic carbocycles. The second-order valence-corrected chi connectivity index (χ2v) is 8.00. The Morgan fingerprint density at radius 2 is 2.20 bits per heavy atom. The molecule has 0 aliphatic rings. The molecule has 6 nitrogen and oxygen atoms in total. The highest BCUT2D eigenvalue weighted by atomic mass is 32.2. The van der Waals surface area contributed by atoms with Crippen LogP contribution in [0.2, 0.25) is 0 Å². The van der Waals surface area contributed by atoms with Crippen LogP contribution < -0.4 is 5.73 Å². The molecule has 2 aromatic heterocycles. The summed E-state index contributed by atoms with van der Waals surface area (Å²) in [6.45, 7) is 2.46. The van der Waals surface area contributed by atoms with Crippen LogP contribution in [0, 0.1) is 6.92 Å². The summed E-state index contributed by atoms with van der Waals surface area (Å²) in [7, 11) is -0.106. The van der Waals surface area contributed by atoms with E-state index < -0.39 is 10.0 Å². The average Bonchev–Trinajstić information content (AvgIpc) is 2.96. The molecule has 2 rings (SSSR count). The number of imidazole rings is 1. The lowest BCUT2D eigenvalue weighted by atomic mass is 10.3. The molecule has 0 saturated heterocycles. The molecule has 0 radical (unpaired) electrons. The first-order valence-corrected chi connectivity index (χ1v) is 8.34. The van der Waals surface area contributed by atoms with Gasteiger partial charge < -0.3 is 10.3 Å². The molecule has 0 atom stereocenters. The zero-order valence-electron chi connectivity index (χ0n) is 11.7. The Labute approximate surface area is 122 Å². The molecule has 0 spiro atoms. The second-order valence-electron chi connectivity index (χ2n) is 4.59. The predicted molar refractivity (Wildman–Crippen MR) is 78.8 cm³/mol. The van der Waals surface area contributed by atoms with E-state index in [1.54, 1.807) is 30.1 Å². The van der Waals surface area contributed by atoms with E-state index in [-0.39, 0.29) is 6.54 Å². The standard InChI is InChI=1S/C12H18N4O2S2/c1-9-6-12(19-10(9)7-13)20(17,18)16(3)8-11-14-4-5-15(11)2/h4-6H,7-8,13H2,1-3H3. The lowest BCUT2D eigenvalue weighted by Gasteiger charge is -2.15. The first kappa shape index (κ1) is 15.2. The molecule has 20 heavy (non-hydrogen) atoms. The van der Waals surface area contributed by atoms with Gasteiger partial charge in [0, 0.05) is 37.9 Å². The summed E-state index contributed by atoms with van der Waals surface area (Å²) in [6, 6.07) is 1.68.